The Morgan fingerprint density at radius 2 is 1.71 bits per heavy atom. The van der Waals surface area contributed by atoms with Crippen LogP contribution in [0, 0.1) is 18.8 Å². The fraction of sp³-hybridized carbons (Fsp3) is 0.600. The smallest absolute Gasteiger partial charge is 0.241 e. The highest BCUT2D eigenvalue weighted by molar-refractivity contribution is 7.89. The summed E-state index contributed by atoms with van der Waals surface area (Å²) >= 11 is 0. The molecule has 3 rings (SSSR count). The second-order valence-corrected chi connectivity index (χ2v) is 9.61. The standard InChI is InChI=1S/C20H29N3O4S/c1-15-6-8-18(9-7-15)28(26,27)22-12-19(24)21-13-20(25)23-11-10-16-4-2-3-5-17(16)14-23/h6-9,16-17,22H,2-5,10-14H2,1H3,(H,21,24)/t16-,17+/m1/s1. The fourth-order valence-corrected chi connectivity index (χ4v) is 5.12. The van der Waals surface area contributed by atoms with Gasteiger partial charge in [-0.3, -0.25) is 9.59 Å². The number of nitrogens with one attached hydrogen (secondary N) is 2. The number of piperidine rings is 1. The van der Waals surface area contributed by atoms with Crippen LogP contribution in [0.3, 0.4) is 0 Å². The zero-order valence-electron chi connectivity index (χ0n) is 16.3. The van der Waals surface area contributed by atoms with E-state index in [4.69, 9.17) is 0 Å². The Kier molecular flexibility index (Phi) is 6.72. The lowest BCUT2D eigenvalue weighted by Gasteiger charge is -2.41. The molecule has 0 bridgehead atoms. The summed E-state index contributed by atoms with van der Waals surface area (Å²) in [5.74, 6) is 0.711. The van der Waals surface area contributed by atoms with Gasteiger partial charge in [-0.25, -0.2) is 13.1 Å². The Morgan fingerprint density at radius 3 is 2.43 bits per heavy atom. The van der Waals surface area contributed by atoms with Gasteiger partial charge in [-0.1, -0.05) is 37.0 Å². The molecule has 154 valence electrons. The average Bonchev–Trinajstić information content (AvgIpc) is 2.70. The van der Waals surface area contributed by atoms with Gasteiger partial charge in [-0.15, -0.1) is 0 Å². The number of carbonyl (C=O) groups is 2. The molecule has 2 amide bonds. The number of sulfonamides is 1. The van der Waals surface area contributed by atoms with Crippen LogP contribution in [0.5, 0.6) is 0 Å². The molecule has 1 aromatic carbocycles. The highest BCUT2D eigenvalue weighted by Gasteiger charge is 2.32. The zero-order chi connectivity index (χ0) is 20.1. The number of likely N-dealkylation sites (tertiary alicyclic amines) is 1. The first kappa shape index (κ1) is 20.8. The van der Waals surface area contributed by atoms with Crippen molar-refractivity contribution in [2.45, 2.75) is 43.9 Å². The maximum atomic E-state index is 12.4. The van der Waals surface area contributed by atoms with Crippen LogP contribution in [0.25, 0.3) is 0 Å². The van der Waals surface area contributed by atoms with E-state index in [1.807, 2.05) is 11.8 Å². The molecule has 8 heteroatoms. The van der Waals surface area contributed by atoms with E-state index in [0.29, 0.717) is 5.92 Å². The summed E-state index contributed by atoms with van der Waals surface area (Å²) in [5.41, 5.74) is 0.951. The molecule has 1 aliphatic carbocycles. The molecule has 2 atom stereocenters. The SMILES string of the molecule is Cc1ccc(S(=O)(=O)NCC(=O)NCC(=O)N2CC[C@H]3CCCC[C@H]3C2)cc1. The summed E-state index contributed by atoms with van der Waals surface area (Å²) in [6, 6.07) is 6.38. The average molecular weight is 408 g/mol. The molecule has 0 spiro atoms. The van der Waals surface area contributed by atoms with Crippen molar-refractivity contribution in [3.8, 4) is 0 Å². The number of aryl methyl sites for hydroxylation is 1. The van der Waals surface area contributed by atoms with E-state index in [-0.39, 0.29) is 17.3 Å². The van der Waals surface area contributed by atoms with Crippen molar-refractivity contribution < 1.29 is 18.0 Å². The first-order valence-electron chi connectivity index (χ1n) is 9.96. The fourth-order valence-electron chi connectivity index (χ4n) is 4.14. The third-order valence-corrected chi connectivity index (χ3v) is 7.25. The summed E-state index contributed by atoms with van der Waals surface area (Å²) < 4.78 is 26.7. The number of amides is 2. The van der Waals surface area contributed by atoms with Gasteiger partial charge in [0.15, 0.2) is 0 Å². The molecule has 1 aromatic rings. The second kappa shape index (κ2) is 9.05. The summed E-state index contributed by atoms with van der Waals surface area (Å²) in [5, 5.41) is 2.53. The van der Waals surface area contributed by atoms with E-state index in [1.165, 1.54) is 37.8 Å². The van der Waals surface area contributed by atoms with Crippen molar-refractivity contribution in [1.29, 1.82) is 0 Å². The van der Waals surface area contributed by atoms with Gasteiger partial charge in [0.2, 0.25) is 21.8 Å². The maximum Gasteiger partial charge on any atom is 0.241 e. The number of rotatable bonds is 6. The molecule has 1 aliphatic heterocycles. The lowest BCUT2D eigenvalue weighted by atomic mass is 9.75. The molecule has 0 unspecified atom stereocenters. The zero-order valence-corrected chi connectivity index (χ0v) is 17.1. The van der Waals surface area contributed by atoms with Gasteiger partial charge in [-0.2, -0.15) is 0 Å². The van der Waals surface area contributed by atoms with Gasteiger partial charge >= 0.3 is 0 Å². The number of hydrogen-bond acceptors (Lipinski definition) is 4. The Bertz CT molecular complexity index is 807. The van der Waals surface area contributed by atoms with Crippen LogP contribution in [0.4, 0.5) is 0 Å². The third-order valence-electron chi connectivity index (χ3n) is 5.83. The molecule has 0 aromatic heterocycles. The molecule has 0 radical (unpaired) electrons. The van der Waals surface area contributed by atoms with Crippen LogP contribution in [-0.4, -0.2) is 51.3 Å². The van der Waals surface area contributed by atoms with Crippen molar-refractivity contribution >= 4 is 21.8 Å². The summed E-state index contributed by atoms with van der Waals surface area (Å²) in [4.78, 5) is 26.3. The summed E-state index contributed by atoms with van der Waals surface area (Å²) in [7, 11) is -3.75. The predicted molar refractivity (Wildman–Crippen MR) is 106 cm³/mol. The number of carbonyl (C=O) groups excluding carboxylic acids is 2. The van der Waals surface area contributed by atoms with Gasteiger partial charge in [0.05, 0.1) is 18.0 Å². The first-order chi connectivity index (χ1) is 13.3. The van der Waals surface area contributed by atoms with E-state index in [0.717, 1.165) is 31.0 Å². The topological polar surface area (TPSA) is 95.6 Å². The van der Waals surface area contributed by atoms with Crippen LogP contribution in [0.15, 0.2) is 29.2 Å². The highest BCUT2D eigenvalue weighted by atomic mass is 32.2. The van der Waals surface area contributed by atoms with Crippen LogP contribution >= 0.6 is 0 Å². The molecule has 7 nitrogen and oxygen atoms in total. The Labute approximate surface area is 166 Å². The van der Waals surface area contributed by atoms with Gasteiger partial charge < -0.3 is 10.2 Å². The summed E-state index contributed by atoms with van der Waals surface area (Å²) in [6.07, 6.45) is 6.03. The lowest BCUT2D eigenvalue weighted by molar-refractivity contribution is -0.135. The van der Waals surface area contributed by atoms with E-state index in [2.05, 4.69) is 10.0 Å². The molecule has 1 saturated heterocycles. The second-order valence-electron chi connectivity index (χ2n) is 7.85. The van der Waals surface area contributed by atoms with E-state index in [1.54, 1.807) is 12.1 Å². The van der Waals surface area contributed by atoms with Crippen LogP contribution in [-0.2, 0) is 19.6 Å². The van der Waals surface area contributed by atoms with Crippen LogP contribution in [0.2, 0.25) is 0 Å². The molecule has 1 heterocycles. The monoisotopic (exact) mass is 407 g/mol. The number of fused-ring (bicyclic) bond motifs is 1. The van der Waals surface area contributed by atoms with E-state index < -0.39 is 22.5 Å². The van der Waals surface area contributed by atoms with Crippen LogP contribution in [0.1, 0.15) is 37.7 Å². The molecule has 28 heavy (non-hydrogen) atoms. The predicted octanol–water partition coefficient (Wildman–Crippen LogP) is 1.43. The van der Waals surface area contributed by atoms with Crippen molar-refractivity contribution in [1.82, 2.24) is 14.9 Å². The Hall–Kier alpha value is -1.93. The number of benzene rings is 1. The van der Waals surface area contributed by atoms with Crippen molar-refractivity contribution in [3.63, 3.8) is 0 Å². The molecule has 2 N–H and O–H groups in total. The minimum atomic E-state index is -3.75. The minimum Gasteiger partial charge on any atom is -0.346 e. The van der Waals surface area contributed by atoms with Crippen molar-refractivity contribution in [3.05, 3.63) is 29.8 Å². The number of nitrogens with zero attached hydrogens (tertiary/aromatic N) is 1. The maximum absolute atomic E-state index is 12.4. The van der Waals surface area contributed by atoms with E-state index in [9.17, 15) is 18.0 Å². The quantitative estimate of drug-likeness (QED) is 0.746. The van der Waals surface area contributed by atoms with Crippen molar-refractivity contribution in [2.75, 3.05) is 26.2 Å². The Balaban J connectivity index is 1.42. The van der Waals surface area contributed by atoms with Crippen LogP contribution < -0.4 is 10.0 Å². The summed E-state index contributed by atoms with van der Waals surface area (Å²) in [6.45, 7) is 2.90. The number of hydrogen-bond donors (Lipinski definition) is 2. The largest absolute Gasteiger partial charge is 0.346 e. The first-order valence-corrected chi connectivity index (χ1v) is 11.4. The lowest BCUT2D eigenvalue weighted by Crippen LogP contribution is -2.49. The Morgan fingerprint density at radius 1 is 1.04 bits per heavy atom. The molecular formula is C20H29N3O4S. The minimum absolute atomic E-state index is 0.0948. The van der Waals surface area contributed by atoms with Gasteiger partial charge in [-0.05, 0) is 43.7 Å². The molecule has 2 aliphatic rings. The molecule has 1 saturated carbocycles. The van der Waals surface area contributed by atoms with Crippen molar-refractivity contribution in [2.24, 2.45) is 11.8 Å². The van der Waals surface area contributed by atoms with Gasteiger partial charge in [0.25, 0.3) is 0 Å². The van der Waals surface area contributed by atoms with Gasteiger partial charge in [0, 0.05) is 13.1 Å². The van der Waals surface area contributed by atoms with Gasteiger partial charge in [0.1, 0.15) is 0 Å². The normalized spacial score (nSPS) is 22.4. The third kappa shape index (κ3) is 5.32. The van der Waals surface area contributed by atoms with E-state index >= 15 is 0 Å². The molecule has 2 fully saturated rings. The molecular weight excluding hydrogens is 378 g/mol. The highest BCUT2D eigenvalue weighted by Crippen LogP contribution is 2.35.